The zero-order chi connectivity index (χ0) is 18.6. The molecule has 0 unspecified atom stereocenters. The molecule has 4 aromatic rings. The first-order chi connectivity index (χ1) is 13.2. The van der Waals surface area contributed by atoms with Crippen molar-refractivity contribution in [2.75, 3.05) is 6.54 Å². The van der Waals surface area contributed by atoms with E-state index in [1.807, 2.05) is 54.2 Å². The van der Waals surface area contributed by atoms with Gasteiger partial charge in [-0.2, -0.15) is 5.10 Å². The van der Waals surface area contributed by atoms with Gasteiger partial charge in [0.15, 0.2) is 5.65 Å². The maximum absolute atomic E-state index is 12.3. The van der Waals surface area contributed by atoms with Crippen LogP contribution in [0.5, 0.6) is 0 Å². The van der Waals surface area contributed by atoms with Gasteiger partial charge in [0.05, 0.1) is 12.1 Å². The Labute approximate surface area is 158 Å². The number of carbonyl (C=O) groups excluding carboxylic acids is 1. The number of rotatable bonds is 6. The summed E-state index contributed by atoms with van der Waals surface area (Å²) in [7, 11) is 0. The quantitative estimate of drug-likeness (QED) is 0.537. The van der Waals surface area contributed by atoms with Gasteiger partial charge in [-0.25, -0.2) is 9.50 Å². The van der Waals surface area contributed by atoms with Crippen molar-refractivity contribution in [3.05, 3.63) is 77.7 Å². The van der Waals surface area contributed by atoms with Crippen LogP contribution in [0.4, 0.5) is 0 Å². The van der Waals surface area contributed by atoms with E-state index < -0.39 is 0 Å². The molecule has 0 bridgehead atoms. The lowest BCUT2D eigenvalue weighted by molar-refractivity contribution is -0.120. The second-order valence-corrected chi connectivity index (χ2v) is 6.82. The molecule has 0 saturated heterocycles. The number of fused-ring (bicyclic) bond motifs is 2. The molecule has 2 aromatic heterocycles. The molecular weight excluding hydrogens is 336 g/mol. The van der Waals surface area contributed by atoms with Gasteiger partial charge in [-0.1, -0.05) is 42.5 Å². The van der Waals surface area contributed by atoms with Crippen LogP contribution >= 0.6 is 0 Å². The number of hydrogen-bond acceptors (Lipinski definition) is 3. The normalized spacial score (nSPS) is 11.1. The zero-order valence-electron chi connectivity index (χ0n) is 15.4. The summed E-state index contributed by atoms with van der Waals surface area (Å²) >= 11 is 0. The molecule has 0 aliphatic carbocycles. The molecule has 0 atom stereocenters. The Morgan fingerprint density at radius 1 is 1.15 bits per heavy atom. The molecule has 136 valence electrons. The van der Waals surface area contributed by atoms with Gasteiger partial charge in [-0.15, -0.1) is 0 Å². The highest BCUT2D eigenvalue weighted by molar-refractivity contribution is 5.90. The van der Waals surface area contributed by atoms with Gasteiger partial charge in [-0.3, -0.25) is 4.79 Å². The summed E-state index contributed by atoms with van der Waals surface area (Å²) in [6, 6.07) is 16.2. The summed E-state index contributed by atoms with van der Waals surface area (Å²) < 4.78 is 1.81. The van der Waals surface area contributed by atoms with E-state index in [0.29, 0.717) is 13.0 Å². The second kappa shape index (κ2) is 7.58. The Bertz CT molecular complexity index is 1090. The van der Waals surface area contributed by atoms with Crippen LogP contribution in [0.15, 0.2) is 60.9 Å². The highest BCUT2D eigenvalue weighted by Crippen LogP contribution is 2.18. The van der Waals surface area contributed by atoms with Crippen LogP contribution in [-0.4, -0.2) is 27.0 Å². The first kappa shape index (κ1) is 17.2. The number of amides is 1. The number of nitrogens with zero attached hydrogens (tertiary/aromatic N) is 3. The van der Waals surface area contributed by atoms with E-state index in [2.05, 4.69) is 33.6 Å². The second-order valence-electron chi connectivity index (χ2n) is 6.82. The Morgan fingerprint density at radius 2 is 2.00 bits per heavy atom. The third-order valence-electron chi connectivity index (χ3n) is 4.68. The lowest BCUT2D eigenvalue weighted by Crippen LogP contribution is -2.26. The molecule has 2 aromatic carbocycles. The van der Waals surface area contributed by atoms with Gasteiger partial charge < -0.3 is 5.32 Å². The highest BCUT2D eigenvalue weighted by Gasteiger charge is 2.07. The predicted molar refractivity (Wildman–Crippen MR) is 107 cm³/mol. The first-order valence-electron chi connectivity index (χ1n) is 9.23. The molecule has 0 aliphatic rings. The summed E-state index contributed by atoms with van der Waals surface area (Å²) in [6.45, 7) is 2.61. The number of aryl methyl sites for hydroxylation is 2. The topological polar surface area (TPSA) is 59.3 Å². The van der Waals surface area contributed by atoms with Crippen molar-refractivity contribution in [3.8, 4) is 0 Å². The van der Waals surface area contributed by atoms with E-state index in [1.165, 1.54) is 5.39 Å². The number of aromatic nitrogens is 3. The fourth-order valence-corrected chi connectivity index (χ4v) is 3.37. The molecule has 5 nitrogen and oxygen atoms in total. The van der Waals surface area contributed by atoms with Crippen LogP contribution in [0.25, 0.3) is 16.4 Å². The molecular formula is C22H22N4O. The fraction of sp³-hybridized carbons (Fsp3) is 0.227. The molecule has 0 spiro atoms. The molecule has 4 rings (SSSR count). The van der Waals surface area contributed by atoms with Gasteiger partial charge >= 0.3 is 0 Å². The van der Waals surface area contributed by atoms with E-state index in [9.17, 15) is 4.79 Å². The Morgan fingerprint density at radius 3 is 2.93 bits per heavy atom. The fourth-order valence-electron chi connectivity index (χ4n) is 3.37. The summed E-state index contributed by atoms with van der Waals surface area (Å²) in [5, 5.41) is 9.72. The lowest BCUT2D eigenvalue weighted by Gasteiger charge is -2.08. The van der Waals surface area contributed by atoms with Gasteiger partial charge in [0.1, 0.15) is 0 Å². The van der Waals surface area contributed by atoms with E-state index in [4.69, 9.17) is 0 Å². The summed E-state index contributed by atoms with van der Waals surface area (Å²) in [4.78, 5) is 16.7. The minimum atomic E-state index is 0.0580. The lowest BCUT2D eigenvalue weighted by atomic mass is 10.0. The molecule has 2 heterocycles. The molecule has 27 heavy (non-hydrogen) atoms. The largest absolute Gasteiger partial charge is 0.356 e. The summed E-state index contributed by atoms with van der Waals surface area (Å²) in [5.74, 6) is 0.0580. The number of benzene rings is 2. The number of carbonyl (C=O) groups is 1. The van der Waals surface area contributed by atoms with Crippen molar-refractivity contribution in [2.24, 2.45) is 0 Å². The third kappa shape index (κ3) is 3.97. The van der Waals surface area contributed by atoms with Crippen LogP contribution < -0.4 is 5.32 Å². The SMILES string of the molecule is Cc1cc2ncc(CCCNC(=O)Cc3cccc4ccccc34)cn2n1. The Hall–Kier alpha value is -3.21. The highest BCUT2D eigenvalue weighted by atomic mass is 16.1. The van der Waals surface area contributed by atoms with Crippen molar-refractivity contribution < 1.29 is 4.79 Å². The van der Waals surface area contributed by atoms with Gasteiger partial charge in [-0.05, 0) is 41.7 Å². The first-order valence-corrected chi connectivity index (χ1v) is 9.23. The van der Waals surface area contributed by atoms with Gasteiger partial charge in [0, 0.05) is 25.0 Å². The predicted octanol–water partition coefficient (Wildman–Crippen LogP) is 3.48. The standard InChI is InChI=1S/C22H22N4O/c1-16-12-21-24-14-17(15-26(21)25-16)6-5-11-23-22(27)13-19-9-4-8-18-7-2-3-10-20(18)19/h2-4,7-10,12,14-15H,5-6,11,13H2,1H3,(H,23,27). The Balaban J connectivity index is 1.30. The molecule has 0 aliphatic heterocycles. The zero-order valence-corrected chi connectivity index (χ0v) is 15.4. The summed E-state index contributed by atoms with van der Waals surface area (Å²) in [5.41, 5.74) is 4.00. The minimum absolute atomic E-state index is 0.0580. The molecule has 0 fully saturated rings. The van der Waals surface area contributed by atoms with E-state index in [0.717, 1.165) is 40.7 Å². The van der Waals surface area contributed by atoms with E-state index >= 15 is 0 Å². The number of hydrogen-bond donors (Lipinski definition) is 1. The van der Waals surface area contributed by atoms with Crippen LogP contribution in [-0.2, 0) is 17.6 Å². The third-order valence-corrected chi connectivity index (χ3v) is 4.68. The average molecular weight is 358 g/mol. The van der Waals surface area contributed by atoms with Crippen LogP contribution in [0.2, 0.25) is 0 Å². The van der Waals surface area contributed by atoms with Gasteiger partial charge in [0.25, 0.3) is 0 Å². The van der Waals surface area contributed by atoms with E-state index in [1.54, 1.807) is 0 Å². The summed E-state index contributed by atoms with van der Waals surface area (Å²) in [6.07, 6.45) is 6.02. The Kier molecular flexibility index (Phi) is 4.83. The smallest absolute Gasteiger partial charge is 0.224 e. The van der Waals surface area contributed by atoms with Crippen molar-refractivity contribution in [1.29, 1.82) is 0 Å². The molecule has 0 radical (unpaired) electrons. The molecule has 5 heteroatoms. The maximum atomic E-state index is 12.3. The van der Waals surface area contributed by atoms with Crippen molar-refractivity contribution in [1.82, 2.24) is 19.9 Å². The van der Waals surface area contributed by atoms with Crippen LogP contribution in [0.1, 0.15) is 23.2 Å². The molecule has 0 saturated carbocycles. The van der Waals surface area contributed by atoms with Crippen molar-refractivity contribution in [3.63, 3.8) is 0 Å². The number of nitrogens with one attached hydrogen (secondary N) is 1. The van der Waals surface area contributed by atoms with Crippen LogP contribution in [0, 0.1) is 6.92 Å². The molecule has 1 amide bonds. The van der Waals surface area contributed by atoms with Crippen molar-refractivity contribution >= 4 is 22.3 Å². The molecule has 1 N–H and O–H groups in total. The van der Waals surface area contributed by atoms with Crippen molar-refractivity contribution in [2.45, 2.75) is 26.2 Å². The van der Waals surface area contributed by atoms with Gasteiger partial charge in [0.2, 0.25) is 5.91 Å². The monoisotopic (exact) mass is 358 g/mol. The minimum Gasteiger partial charge on any atom is -0.356 e. The maximum Gasteiger partial charge on any atom is 0.224 e. The van der Waals surface area contributed by atoms with E-state index in [-0.39, 0.29) is 5.91 Å². The van der Waals surface area contributed by atoms with Crippen LogP contribution in [0.3, 0.4) is 0 Å². The average Bonchev–Trinajstić information content (AvgIpc) is 3.05.